The van der Waals surface area contributed by atoms with E-state index < -0.39 is 17.2 Å². The average molecular weight is 540 g/mol. The Hall–Kier alpha value is -4.20. The number of amidine groups is 1. The number of H-pyrrole nitrogens is 1. The highest BCUT2D eigenvalue weighted by Crippen LogP contribution is 2.40. The molecule has 6 rings (SSSR count). The SMILES string of the molecule is CCCCC1=NC2(CCCC2)C(=O)N1Cc1ccc(-c2cc(-c3cccc(F)c3F)ccc2-c2cn[nH]n2)cc1. The van der Waals surface area contributed by atoms with Crippen molar-refractivity contribution in [2.75, 3.05) is 0 Å². The van der Waals surface area contributed by atoms with Gasteiger partial charge in [-0.25, -0.2) is 8.78 Å². The summed E-state index contributed by atoms with van der Waals surface area (Å²) < 4.78 is 28.6. The summed E-state index contributed by atoms with van der Waals surface area (Å²) in [6, 6.07) is 17.7. The second-order valence-corrected chi connectivity index (χ2v) is 10.7. The number of aromatic nitrogens is 3. The Morgan fingerprint density at radius 3 is 2.45 bits per heavy atom. The van der Waals surface area contributed by atoms with Crippen molar-refractivity contribution >= 4 is 11.7 Å². The van der Waals surface area contributed by atoms with Gasteiger partial charge in [-0.2, -0.15) is 15.4 Å². The van der Waals surface area contributed by atoms with Gasteiger partial charge in [-0.1, -0.05) is 74.7 Å². The Morgan fingerprint density at radius 2 is 1.73 bits per heavy atom. The maximum Gasteiger partial charge on any atom is 0.256 e. The lowest BCUT2D eigenvalue weighted by molar-refractivity contribution is -0.131. The molecule has 1 aliphatic heterocycles. The Labute approximate surface area is 232 Å². The number of aliphatic imine (C=N–C) groups is 1. The van der Waals surface area contributed by atoms with E-state index in [0.717, 1.165) is 79.1 Å². The van der Waals surface area contributed by atoms with Crippen molar-refractivity contribution in [1.29, 1.82) is 0 Å². The molecule has 40 heavy (non-hydrogen) atoms. The van der Waals surface area contributed by atoms with Crippen LogP contribution in [0.2, 0.25) is 0 Å². The number of benzene rings is 3. The molecule has 1 spiro atoms. The third-order valence-electron chi connectivity index (χ3n) is 8.06. The molecule has 0 unspecified atom stereocenters. The van der Waals surface area contributed by atoms with Crippen LogP contribution in [-0.4, -0.2) is 37.6 Å². The molecule has 0 atom stereocenters. The monoisotopic (exact) mass is 539 g/mol. The maximum absolute atomic E-state index is 14.6. The van der Waals surface area contributed by atoms with Gasteiger partial charge in [0, 0.05) is 17.5 Å². The van der Waals surface area contributed by atoms with Crippen LogP contribution in [-0.2, 0) is 11.3 Å². The minimum absolute atomic E-state index is 0.137. The summed E-state index contributed by atoms with van der Waals surface area (Å²) in [5.41, 5.74) is 4.37. The first-order chi connectivity index (χ1) is 19.5. The van der Waals surface area contributed by atoms with E-state index in [1.54, 1.807) is 18.3 Å². The van der Waals surface area contributed by atoms with Crippen LogP contribution in [0.4, 0.5) is 8.78 Å². The second kappa shape index (κ2) is 10.8. The lowest BCUT2D eigenvalue weighted by atomic mass is 9.92. The van der Waals surface area contributed by atoms with Gasteiger partial charge in [-0.3, -0.25) is 14.7 Å². The van der Waals surface area contributed by atoms with Crippen molar-refractivity contribution in [3.8, 4) is 33.5 Å². The summed E-state index contributed by atoms with van der Waals surface area (Å²) >= 11 is 0. The number of rotatable bonds is 8. The molecule has 2 heterocycles. The van der Waals surface area contributed by atoms with E-state index in [1.807, 2.05) is 41.3 Å². The van der Waals surface area contributed by atoms with E-state index in [0.29, 0.717) is 17.8 Å². The number of unbranched alkanes of at least 4 members (excludes halogenated alkanes) is 1. The fourth-order valence-electron chi connectivity index (χ4n) is 5.90. The first-order valence-electron chi connectivity index (χ1n) is 13.9. The van der Waals surface area contributed by atoms with Gasteiger partial charge in [0.25, 0.3) is 5.91 Å². The highest BCUT2D eigenvalue weighted by Gasteiger charge is 2.49. The van der Waals surface area contributed by atoms with Crippen LogP contribution in [0.3, 0.4) is 0 Å². The predicted octanol–water partition coefficient (Wildman–Crippen LogP) is 7.33. The minimum atomic E-state index is -0.887. The van der Waals surface area contributed by atoms with Crippen molar-refractivity contribution in [2.24, 2.45) is 4.99 Å². The van der Waals surface area contributed by atoms with E-state index in [1.165, 1.54) is 6.07 Å². The largest absolute Gasteiger partial charge is 0.294 e. The fraction of sp³-hybridized carbons (Fsp3) is 0.312. The van der Waals surface area contributed by atoms with Gasteiger partial charge in [-0.05, 0) is 53.6 Å². The topological polar surface area (TPSA) is 74.2 Å². The Morgan fingerprint density at radius 1 is 0.950 bits per heavy atom. The van der Waals surface area contributed by atoms with E-state index in [9.17, 15) is 13.6 Å². The van der Waals surface area contributed by atoms with Gasteiger partial charge in [0.1, 0.15) is 17.1 Å². The maximum atomic E-state index is 14.6. The second-order valence-electron chi connectivity index (χ2n) is 10.7. The smallest absolute Gasteiger partial charge is 0.256 e. The van der Waals surface area contributed by atoms with Crippen molar-refractivity contribution < 1.29 is 13.6 Å². The highest BCUT2D eigenvalue weighted by atomic mass is 19.2. The molecule has 1 fully saturated rings. The van der Waals surface area contributed by atoms with Crippen LogP contribution in [0, 0.1) is 11.6 Å². The average Bonchev–Trinajstić information content (AvgIpc) is 3.73. The summed E-state index contributed by atoms with van der Waals surface area (Å²) in [7, 11) is 0. The first kappa shape index (κ1) is 26.0. The van der Waals surface area contributed by atoms with E-state index in [4.69, 9.17) is 4.99 Å². The molecule has 204 valence electrons. The number of amides is 1. The molecule has 3 aromatic carbocycles. The highest BCUT2D eigenvalue weighted by molar-refractivity contribution is 6.08. The zero-order valence-electron chi connectivity index (χ0n) is 22.5. The predicted molar refractivity (Wildman–Crippen MR) is 151 cm³/mol. The number of nitrogens with zero attached hydrogens (tertiary/aromatic N) is 4. The van der Waals surface area contributed by atoms with Crippen LogP contribution in [0.5, 0.6) is 0 Å². The molecule has 0 saturated heterocycles. The third-order valence-corrected chi connectivity index (χ3v) is 8.06. The summed E-state index contributed by atoms with van der Waals surface area (Å²) in [4.78, 5) is 20.4. The summed E-state index contributed by atoms with van der Waals surface area (Å²) in [6.45, 7) is 2.63. The quantitative estimate of drug-likeness (QED) is 0.255. The lowest BCUT2D eigenvalue weighted by Crippen LogP contribution is -2.40. The number of hydrogen-bond donors (Lipinski definition) is 1. The van der Waals surface area contributed by atoms with Crippen molar-refractivity contribution in [1.82, 2.24) is 20.3 Å². The molecule has 1 N–H and O–H groups in total. The molecular weight excluding hydrogens is 508 g/mol. The number of aromatic amines is 1. The zero-order chi connectivity index (χ0) is 27.7. The van der Waals surface area contributed by atoms with Gasteiger partial charge in [0.15, 0.2) is 11.6 Å². The number of hydrogen-bond acceptors (Lipinski definition) is 4. The molecule has 0 bridgehead atoms. The zero-order valence-corrected chi connectivity index (χ0v) is 22.5. The Balaban J connectivity index is 1.32. The molecule has 1 aromatic heterocycles. The van der Waals surface area contributed by atoms with Gasteiger partial charge in [0.2, 0.25) is 0 Å². The van der Waals surface area contributed by atoms with Crippen LogP contribution >= 0.6 is 0 Å². The molecule has 2 aliphatic rings. The fourth-order valence-corrected chi connectivity index (χ4v) is 5.90. The normalized spacial score (nSPS) is 16.2. The number of halogens is 2. The van der Waals surface area contributed by atoms with Gasteiger partial charge in [-0.15, -0.1) is 0 Å². The van der Waals surface area contributed by atoms with Gasteiger partial charge >= 0.3 is 0 Å². The molecule has 0 radical (unpaired) electrons. The molecule has 1 amide bonds. The summed E-state index contributed by atoms with van der Waals surface area (Å²) in [5, 5.41) is 10.8. The van der Waals surface area contributed by atoms with Crippen LogP contribution in [0.25, 0.3) is 33.5 Å². The van der Waals surface area contributed by atoms with Crippen molar-refractivity contribution in [3.63, 3.8) is 0 Å². The standard InChI is InChI=1S/C32H31F2N5O/c1-2-3-9-29-36-32(16-4-5-17-32)31(40)39(29)20-21-10-12-22(13-11-21)26-18-23(24-7-6-8-27(33)30(24)34)14-15-25(26)28-19-35-38-37-28/h6-8,10-15,18-19H,2-5,9,16-17,20H2,1H3,(H,35,37,38). The number of nitrogens with one attached hydrogen (secondary N) is 1. The van der Waals surface area contributed by atoms with Crippen molar-refractivity contribution in [3.05, 3.63) is 84.1 Å². The third kappa shape index (κ3) is 4.72. The van der Waals surface area contributed by atoms with Gasteiger partial charge < -0.3 is 0 Å². The van der Waals surface area contributed by atoms with E-state index >= 15 is 0 Å². The van der Waals surface area contributed by atoms with E-state index in [-0.39, 0.29) is 11.5 Å². The molecule has 1 saturated carbocycles. The van der Waals surface area contributed by atoms with Gasteiger partial charge in [0.05, 0.1) is 12.7 Å². The first-order valence-corrected chi connectivity index (χ1v) is 13.9. The molecule has 6 nitrogen and oxygen atoms in total. The van der Waals surface area contributed by atoms with Crippen LogP contribution in [0.1, 0.15) is 57.4 Å². The summed E-state index contributed by atoms with van der Waals surface area (Å²) in [6.07, 6.45) is 8.27. The van der Waals surface area contributed by atoms with Crippen LogP contribution < -0.4 is 0 Å². The number of carbonyl (C=O) groups is 1. The number of carbonyl (C=O) groups excluding carboxylic acids is 1. The lowest BCUT2D eigenvalue weighted by Gasteiger charge is -2.23. The molecule has 1 aliphatic carbocycles. The van der Waals surface area contributed by atoms with E-state index in [2.05, 4.69) is 22.3 Å². The Kier molecular flexibility index (Phi) is 7.00. The molecular formula is C32H31F2N5O. The summed E-state index contributed by atoms with van der Waals surface area (Å²) in [5.74, 6) is -0.718. The van der Waals surface area contributed by atoms with Crippen molar-refractivity contribution in [2.45, 2.75) is 64.0 Å². The Bertz CT molecular complexity index is 1560. The minimum Gasteiger partial charge on any atom is -0.294 e. The molecule has 8 heteroatoms. The molecule has 4 aromatic rings. The van der Waals surface area contributed by atoms with Crippen LogP contribution in [0.15, 0.2) is 71.9 Å².